The maximum Gasteiger partial charge on any atom is 0.287 e. The molecule has 0 bridgehead atoms. The lowest BCUT2D eigenvalue weighted by Gasteiger charge is -2.35. The summed E-state index contributed by atoms with van der Waals surface area (Å²) in [5, 5.41) is 3.11. The number of likely N-dealkylation sites (tertiary alicyclic amines) is 1. The van der Waals surface area contributed by atoms with Crippen LogP contribution in [0.2, 0.25) is 0 Å². The maximum absolute atomic E-state index is 12.5. The van der Waals surface area contributed by atoms with Crippen molar-refractivity contribution in [2.24, 2.45) is 0 Å². The summed E-state index contributed by atoms with van der Waals surface area (Å²) in [5.74, 6) is 1.14. The number of ether oxygens (including phenoxy) is 1. The average Bonchev–Trinajstić information content (AvgIpc) is 3.04. The summed E-state index contributed by atoms with van der Waals surface area (Å²) < 4.78 is 11.2. The Kier molecular flexibility index (Phi) is 6.15. The summed E-state index contributed by atoms with van der Waals surface area (Å²) in [5.41, 5.74) is -0.311. The van der Waals surface area contributed by atoms with Gasteiger partial charge in [0.15, 0.2) is 5.76 Å². The molecule has 0 aromatic carbocycles. The van der Waals surface area contributed by atoms with E-state index in [0.29, 0.717) is 5.76 Å². The Labute approximate surface area is 150 Å². The molecule has 2 aliphatic rings. The molecule has 6 heteroatoms. The van der Waals surface area contributed by atoms with Gasteiger partial charge in [0.1, 0.15) is 5.76 Å². The number of nitrogens with zero attached hydrogens (tertiary/aromatic N) is 2. The molecule has 0 aliphatic carbocycles. The summed E-state index contributed by atoms with van der Waals surface area (Å²) in [6, 6.07) is 3.72. The van der Waals surface area contributed by atoms with Crippen LogP contribution < -0.4 is 5.32 Å². The fourth-order valence-electron chi connectivity index (χ4n) is 3.65. The van der Waals surface area contributed by atoms with Crippen LogP contribution in [0, 0.1) is 0 Å². The Bertz CT molecular complexity index is 558. The van der Waals surface area contributed by atoms with Crippen molar-refractivity contribution in [3.63, 3.8) is 0 Å². The molecular weight excluding hydrogens is 318 g/mol. The van der Waals surface area contributed by atoms with E-state index in [1.165, 1.54) is 19.3 Å². The van der Waals surface area contributed by atoms with Crippen molar-refractivity contribution in [1.29, 1.82) is 0 Å². The number of piperidine rings is 1. The number of hydrogen-bond donors (Lipinski definition) is 1. The maximum atomic E-state index is 12.5. The molecule has 1 amide bonds. The zero-order valence-electron chi connectivity index (χ0n) is 15.6. The van der Waals surface area contributed by atoms with E-state index >= 15 is 0 Å². The minimum atomic E-state index is -0.311. The second kappa shape index (κ2) is 8.34. The number of morpholine rings is 1. The highest BCUT2D eigenvalue weighted by Gasteiger charge is 2.26. The summed E-state index contributed by atoms with van der Waals surface area (Å²) in [4.78, 5) is 17.3. The van der Waals surface area contributed by atoms with Crippen LogP contribution in [0.3, 0.4) is 0 Å². The van der Waals surface area contributed by atoms with E-state index in [4.69, 9.17) is 9.15 Å². The molecule has 2 fully saturated rings. The normalized spacial score (nSPS) is 20.6. The van der Waals surface area contributed by atoms with E-state index in [1.54, 1.807) is 6.07 Å². The molecule has 0 unspecified atom stereocenters. The largest absolute Gasteiger partial charge is 0.455 e. The second-order valence-corrected chi connectivity index (χ2v) is 7.83. The lowest BCUT2D eigenvalue weighted by molar-refractivity contribution is 0.0267. The van der Waals surface area contributed by atoms with Crippen molar-refractivity contribution in [2.45, 2.75) is 45.2 Å². The Balaban J connectivity index is 1.51. The third-order valence-corrected chi connectivity index (χ3v) is 4.89. The Hall–Kier alpha value is -1.37. The summed E-state index contributed by atoms with van der Waals surface area (Å²) >= 11 is 0. The van der Waals surface area contributed by atoms with Crippen molar-refractivity contribution < 1.29 is 13.9 Å². The molecule has 25 heavy (non-hydrogen) atoms. The molecule has 2 aliphatic heterocycles. The van der Waals surface area contributed by atoms with Crippen LogP contribution in [0.15, 0.2) is 16.5 Å². The summed E-state index contributed by atoms with van der Waals surface area (Å²) in [6.07, 6.45) is 3.83. The Morgan fingerprint density at radius 3 is 2.52 bits per heavy atom. The van der Waals surface area contributed by atoms with Crippen LogP contribution in [0.1, 0.15) is 49.4 Å². The van der Waals surface area contributed by atoms with E-state index in [2.05, 4.69) is 29.0 Å². The van der Waals surface area contributed by atoms with Crippen LogP contribution in [0.4, 0.5) is 0 Å². The van der Waals surface area contributed by atoms with Gasteiger partial charge in [-0.05, 0) is 51.9 Å². The number of amides is 1. The van der Waals surface area contributed by atoms with Gasteiger partial charge < -0.3 is 14.5 Å². The van der Waals surface area contributed by atoms with Crippen LogP contribution >= 0.6 is 0 Å². The van der Waals surface area contributed by atoms with Gasteiger partial charge in [-0.15, -0.1) is 0 Å². The van der Waals surface area contributed by atoms with E-state index in [0.717, 1.165) is 58.2 Å². The highest BCUT2D eigenvalue weighted by atomic mass is 16.5. The van der Waals surface area contributed by atoms with E-state index in [-0.39, 0.29) is 11.4 Å². The Morgan fingerprint density at radius 1 is 1.08 bits per heavy atom. The van der Waals surface area contributed by atoms with Gasteiger partial charge in [0.25, 0.3) is 5.91 Å². The first kappa shape index (κ1) is 18.4. The molecule has 1 aromatic rings. The van der Waals surface area contributed by atoms with Crippen molar-refractivity contribution in [1.82, 2.24) is 15.1 Å². The third-order valence-electron chi connectivity index (χ3n) is 4.89. The summed E-state index contributed by atoms with van der Waals surface area (Å²) in [6.45, 7) is 11.3. The Morgan fingerprint density at radius 2 is 1.80 bits per heavy atom. The van der Waals surface area contributed by atoms with Crippen LogP contribution in [-0.2, 0) is 11.3 Å². The van der Waals surface area contributed by atoms with Gasteiger partial charge >= 0.3 is 0 Å². The van der Waals surface area contributed by atoms with Gasteiger partial charge in [-0.2, -0.15) is 0 Å². The summed E-state index contributed by atoms with van der Waals surface area (Å²) in [7, 11) is 0. The van der Waals surface area contributed by atoms with E-state index in [9.17, 15) is 4.79 Å². The van der Waals surface area contributed by atoms with Crippen LogP contribution in [0.5, 0.6) is 0 Å². The molecule has 2 saturated heterocycles. The third kappa shape index (κ3) is 5.56. The standard InChI is InChI=1S/C19H31N3O3/c1-19(2,15-22-10-12-24-13-11-22)20-18(23)17-7-6-16(25-17)14-21-8-4-3-5-9-21/h6-7H,3-5,8-15H2,1-2H3,(H,20,23). The van der Waals surface area contributed by atoms with Gasteiger partial charge in [0.05, 0.1) is 19.8 Å². The molecule has 0 saturated carbocycles. The predicted molar refractivity (Wildman–Crippen MR) is 96.6 cm³/mol. The highest BCUT2D eigenvalue weighted by Crippen LogP contribution is 2.16. The lowest BCUT2D eigenvalue weighted by atomic mass is 10.0. The highest BCUT2D eigenvalue weighted by molar-refractivity contribution is 5.92. The van der Waals surface area contributed by atoms with Crippen molar-refractivity contribution in [2.75, 3.05) is 45.9 Å². The van der Waals surface area contributed by atoms with Crippen LogP contribution in [0.25, 0.3) is 0 Å². The average molecular weight is 349 g/mol. The molecule has 140 valence electrons. The predicted octanol–water partition coefficient (Wildman–Crippen LogP) is 2.11. The van der Waals surface area contributed by atoms with Crippen molar-refractivity contribution >= 4 is 5.91 Å². The minimum Gasteiger partial charge on any atom is -0.455 e. The van der Waals surface area contributed by atoms with Gasteiger partial charge in [-0.1, -0.05) is 6.42 Å². The lowest BCUT2D eigenvalue weighted by Crippen LogP contribution is -2.53. The number of carbonyl (C=O) groups is 1. The van der Waals surface area contributed by atoms with Gasteiger partial charge in [-0.3, -0.25) is 14.6 Å². The SMILES string of the molecule is CC(C)(CN1CCOCC1)NC(=O)c1ccc(CN2CCCCC2)o1. The second-order valence-electron chi connectivity index (χ2n) is 7.83. The zero-order chi connectivity index (χ0) is 17.7. The molecule has 0 radical (unpaired) electrons. The first-order valence-corrected chi connectivity index (χ1v) is 9.45. The fourth-order valence-corrected chi connectivity index (χ4v) is 3.65. The number of rotatable bonds is 6. The number of furan rings is 1. The molecule has 3 rings (SSSR count). The molecule has 0 atom stereocenters. The number of nitrogens with one attached hydrogen (secondary N) is 1. The zero-order valence-corrected chi connectivity index (χ0v) is 15.6. The number of hydrogen-bond acceptors (Lipinski definition) is 5. The molecule has 0 spiro atoms. The monoisotopic (exact) mass is 349 g/mol. The molecule has 1 aromatic heterocycles. The molecule has 1 N–H and O–H groups in total. The molecular formula is C19H31N3O3. The molecule has 6 nitrogen and oxygen atoms in total. The fraction of sp³-hybridized carbons (Fsp3) is 0.737. The van der Waals surface area contributed by atoms with Crippen LogP contribution in [-0.4, -0.2) is 67.2 Å². The molecule has 3 heterocycles. The topological polar surface area (TPSA) is 58.0 Å². The van der Waals surface area contributed by atoms with E-state index in [1.807, 2.05) is 6.07 Å². The first-order valence-electron chi connectivity index (χ1n) is 9.45. The minimum absolute atomic E-state index is 0.136. The number of carbonyl (C=O) groups excluding carboxylic acids is 1. The van der Waals surface area contributed by atoms with Gasteiger partial charge in [-0.25, -0.2) is 0 Å². The van der Waals surface area contributed by atoms with E-state index < -0.39 is 0 Å². The van der Waals surface area contributed by atoms with Crippen molar-refractivity contribution in [3.05, 3.63) is 23.7 Å². The smallest absolute Gasteiger partial charge is 0.287 e. The first-order chi connectivity index (χ1) is 12.0. The van der Waals surface area contributed by atoms with Gasteiger partial charge in [0.2, 0.25) is 0 Å². The van der Waals surface area contributed by atoms with Gasteiger partial charge in [0, 0.05) is 25.2 Å². The van der Waals surface area contributed by atoms with Crippen molar-refractivity contribution in [3.8, 4) is 0 Å². The quantitative estimate of drug-likeness (QED) is 0.852.